The highest BCUT2D eigenvalue weighted by Crippen LogP contribution is 2.38. The van der Waals surface area contributed by atoms with Crippen LogP contribution in [-0.4, -0.2) is 21.5 Å². The molecule has 1 aliphatic heterocycles. The zero-order valence-electron chi connectivity index (χ0n) is 11.5. The van der Waals surface area contributed by atoms with E-state index in [0.29, 0.717) is 5.92 Å². The number of rotatable bonds is 2. The van der Waals surface area contributed by atoms with Crippen molar-refractivity contribution in [3.05, 3.63) is 11.9 Å². The largest absolute Gasteiger partial charge is 0.299 e. The van der Waals surface area contributed by atoms with Gasteiger partial charge in [0.25, 0.3) is 5.91 Å². The summed E-state index contributed by atoms with van der Waals surface area (Å²) in [4.78, 5) is 18.7. The smallest absolute Gasteiger partial charge is 0.255 e. The van der Waals surface area contributed by atoms with Crippen LogP contribution < -0.4 is 4.90 Å². The lowest BCUT2D eigenvalue weighted by atomic mass is 10.0. The lowest BCUT2D eigenvalue weighted by molar-refractivity contribution is -0.124. The molecule has 0 N–H and O–H groups in total. The van der Waals surface area contributed by atoms with Gasteiger partial charge in [-0.2, -0.15) is 0 Å². The number of amides is 1. The van der Waals surface area contributed by atoms with Gasteiger partial charge in [-0.1, -0.05) is 13.8 Å². The Balaban J connectivity index is 2.63. The van der Waals surface area contributed by atoms with Crippen molar-refractivity contribution in [2.24, 2.45) is 0 Å². The van der Waals surface area contributed by atoms with Crippen LogP contribution >= 0.6 is 0 Å². The third-order valence-corrected chi connectivity index (χ3v) is 3.40. The second kappa shape index (κ2) is 3.59. The van der Waals surface area contributed by atoms with E-state index in [-0.39, 0.29) is 11.9 Å². The minimum atomic E-state index is -0.518. The first kappa shape index (κ1) is 12.1. The van der Waals surface area contributed by atoms with Crippen molar-refractivity contribution >= 4 is 11.9 Å². The van der Waals surface area contributed by atoms with E-state index >= 15 is 0 Å². The van der Waals surface area contributed by atoms with Gasteiger partial charge in [0.05, 0.1) is 6.20 Å². The van der Waals surface area contributed by atoms with Gasteiger partial charge in [-0.25, -0.2) is 4.98 Å². The fourth-order valence-electron chi connectivity index (χ4n) is 2.45. The van der Waals surface area contributed by atoms with Gasteiger partial charge in [0, 0.05) is 11.7 Å². The quantitative estimate of drug-likeness (QED) is 0.790. The summed E-state index contributed by atoms with van der Waals surface area (Å²) in [5.41, 5.74) is 0.608. The molecule has 0 saturated heterocycles. The van der Waals surface area contributed by atoms with Crippen molar-refractivity contribution in [1.29, 1.82) is 0 Å². The Labute approximate surface area is 103 Å². The van der Waals surface area contributed by atoms with Crippen molar-refractivity contribution < 1.29 is 4.79 Å². The SMILES string of the molecule is CC(C)c1cnc2n1C(C)(C)C(=O)N2C(C)C. The van der Waals surface area contributed by atoms with Crippen molar-refractivity contribution in [3.8, 4) is 0 Å². The lowest BCUT2D eigenvalue weighted by Crippen LogP contribution is -2.42. The first-order chi connectivity index (χ1) is 7.78. The Morgan fingerprint density at radius 1 is 1.24 bits per heavy atom. The molecule has 4 heteroatoms. The molecule has 0 radical (unpaired) electrons. The number of fused-ring (bicyclic) bond motifs is 1. The predicted molar refractivity (Wildman–Crippen MR) is 68.3 cm³/mol. The Kier molecular flexibility index (Phi) is 2.56. The molecule has 2 rings (SSSR count). The molecule has 4 nitrogen and oxygen atoms in total. The highest BCUT2D eigenvalue weighted by Gasteiger charge is 2.47. The zero-order valence-corrected chi connectivity index (χ0v) is 11.5. The van der Waals surface area contributed by atoms with E-state index in [4.69, 9.17) is 0 Å². The fraction of sp³-hybridized carbons (Fsp3) is 0.692. The average Bonchev–Trinajstić information content (AvgIpc) is 2.68. The molecule has 0 spiro atoms. The third-order valence-electron chi connectivity index (χ3n) is 3.40. The topological polar surface area (TPSA) is 38.1 Å². The van der Waals surface area contributed by atoms with Gasteiger partial charge in [-0.3, -0.25) is 14.3 Å². The van der Waals surface area contributed by atoms with Crippen molar-refractivity contribution in [2.75, 3.05) is 4.90 Å². The standard InChI is InChI=1S/C13H21N3O/c1-8(2)10-7-14-12-15(9(3)4)11(17)13(5,6)16(10)12/h7-9H,1-6H3. The van der Waals surface area contributed by atoms with E-state index in [1.54, 1.807) is 4.90 Å². The fourth-order valence-corrected chi connectivity index (χ4v) is 2.45. The Morgan fingerprint density at radius 2 is 1.82 bits per heavy atom. The van der Waals surface area contributed by atoms with E-state index < -0.39 is 5.54 Å². The maximum Gasteiger partial charge on any atom is 0.255 e. The van der Waals surface area contributed by atoms with Crippen LogP contribution in [0.15, 0.2) is 6.20 Å². The van der Waals surface area contributed by atoms with Crippen LogP contribution in [0.25, 0.3) is 0 Å². The van der Waals surface area contributed by atoms with E-state index in [0.717, 1.165) is 11.6 Å². The molecule has 0 aliphatic carbocycles. The van der Waals surface area contributed by atoms with Crippen molar-refractivity contribution in [2.45, 2.75) is 59.0 Å². The van der Waals surface area contributed by atoms with Crippen LogP contribution in [0.5, 0.6) is 0 Å². The van der Waals surface area contributed by atoms with E-state index in [1.165, 1.54) is 0 Å². The molecular formula is C13H21N3O. The number of hydrogen-bond donors (Lipinski definition) is 0. The Morgan fingerprint density at radius 3 is 2.29 bits per heavy atom. The molecule has 0 aromatic carbocycles. The van der Waals surface area contributed by atoms with Gasteiger partial charge in [0.2, 0.25) is 5.95 Å². The summed E-state index contributed by atoms with van der Waals surface area (Å²) < 4.78 is 2.08. The minimum Gasteiger partial charge on any atom is -0.299 e. The highest BCUT2D eigenvalue weighted by atomic mass is 16.2. The summed E-state index contributed by atoms with van der Waals surface area (Å²) >= 11 is 0. The van der Waals surface area contributed by atoms with Crippen LogP contribution in [-0.2, 0) is 10.3 Å². The molecule has 0 atom stereocenters. The number of hydrogen-bond acceptors (Lipinski definition) is 2. The molecule has 2 heterocycles. The number of anilines is 1. The zero-order chi connectivity index (χ0) is 13.0. The first-order valence-electron chi connectivity index (χ1n) is 6.20. The van der Waals surface area contributed by atoms with E-state index in [2.05, 4.69) is 23.4 Å². The molecular weight excluding hydrogens is 214 g/mol. The van der Waals surface area contributed by atoms with Gasteiger partial charge in [-0.15, -0.1) is 0 Å². The molecule has 1 aliphatic rings. The number of aromatic nitrogens is 2. The summed E-state index contributed by atoms with van der Waals surface area (Å²) in [6, 6.07) is 0.144. The van der Waals surface area contributed by atoms with Crippen LogP contribution in [0.3, 0.4) is 0 Å². The van der Waals surface area contributed by atoms with E-state index in [1.807, 2.05) is 33.9 Å². The van der Waals surface area contributed by atoms with Crippen LogP contribution in [0.1, 0.15) is 53.2 Å². The molecule has 17 heavy (non-hydrogen) atoms. The number of nitrogens with zero attached hydrogens (tertiary/aromatic N) is 3. The summed E-state index contributed by atoms with van der Waals surface area (Å²) in [5, 5.41) is 0. The Hall–Kier alpha value is -1.32. The summed E-state index contributed by atoms with van der Waals surface area (Å²) in [7, 11) is 0. The average molecular weight is 235 g/mol. The first-order valence-corrected chi connectivity index (χ1v) is 6.20. The second-order valence-corrected chi connectivity index (χ2v) is 5.80. The predicted octanol–water partition coefficient (Wildman–Crippen LogP) is 2.50. The molecule has 1 aromatic heterocycles. The molecule has 0 saturated carbocycles. The summed E-state index contributed by atoms with van der Waals surface area (Å²) in [6.07, 6.45) is 1.89. The molecule has 0 fully saturated rings. The van der Waals surface area contributed by atoms with Gasteiger partial charge in [0.15, 0.2) is 0 Å². The molecule has 0 unspecified atom stereocenters. The summed E-state index contributed by atoms with van der Waals surface area (Å²) in [6.45, 7) is 12.2. The van der Waals surface area contributed by atoms with Gasteiger partial charge >= 0.3 is 0 Å². The third kappa shape index (κ3) is 1.50. The van der Waals surface area contributed by atoms with Crippen molar-refractivity contribution in [1.82, 2.24) is 9.55 Å². The van der Waals surface area contributed by atoms with Gasteiger partial charge in [-0.05, 0) is 33.6 Å². The van der Waals surface area contributed by atoms with Gasteiger partial charge in [0.1, 0.15) is 5.54 Å². The maximum atomic E-state index is 12.4. The second-order valence-electron chi connectivity index (χ2n) is 5.80. The number of imidazole rings is 1. The van der Waals surface area contributed by atoms with Crippen LogP contribution in [0.2, 0.25) is 0 Å². The van der Waals surface area contributed by atoms with Crippen LogP contribution in [0, 0.1) is 0 Å². The molecule has 1 amide bonds. The van der Waals surface area contributed by atoms with Crippen LogP contribution in [0.4, 0.5) is 5.95 Å². The molecule has 94 valence electrons. The van der Waals surface area contributed by atoms with Crippen molar-refractivity contribution in [3.63, 3.8) is 0 Å². The number of carbonyl (C=O) groups is 1. The molecule has 0 bridgehead atoms. The van der Waals surface area contributed by atoms with E-state index in [9.17, 15) is 4.79 Å². The Bertz CT molecular complexity index is 457. The lowest BCUT2D eigenvalue weighted by Gasteiger charge is -2.23. The normalized spacial score (nSPS) is 18.4. The summed E-state index contributed by atoms with van der Waals surface area (Å²) in [5.74, 6) is 1.30. The number of carbonyl (C=O) groups excluding carboxylic acids is 1. The minimum absolute atomic E-state index is 0.137. The maximum absolute atomic E-state index is 12.4. The van der Waals surface area contributed by atoms with Gasteiger partial charge < -0.3 is 0 Å². The molecule has 1 aromatic rings. The highest BCUT2D eigenvalue weighted by molar-refractivity contribution is 6.01. The monoisotopic (exact) mass is 235 g/mol.